The van der Waals surface area contributed by atoms with Gasteiger partial charge < -0.3 is 10.4 Å². The van der Waals surface area contributed by atoms with Crippen molar-refractivity contribution in [3.8, 4) is 5.69 Å². The van der Waals surface area contributed by atoms with E-state index in [2.05, 4.69) is 10.4 Å². The van der Waals surface area contributed by atoms with Gasteiger partial charge in [0.2, 0.25) is 5.91 Å². The van der Waals surface area contributed by atoms with Gasteiger partial charge in [-0.2, -0.15) is 18.3 Å². The normalized spacial score (nSPS) is 11.5. The molecule has 2 N–H and O–H groups in total. The molecule has 2 aromatic rings. The second-order valence-electron chi connectivity index (χ2n) is 4.51. The number of hydrogen-bond donors (Lipinski definition) is 2. The summed E-state index contributed by atoms with van der Waals surface area (Å²) in [6.45, 7) is -0.284. The van der Waals surface area contributed by atoms with Crippen molar-refractivity contribution < 1.29 is 23.1 Å². The molecule has 118 valence electrons. The van der Waals surface area contributed by atoms with Gasteiger partial charge >= 0.3 is 6.18 Å². The first-order chi connectivity index (χ1) is 10.4. The lowest BCUT2D eigenvalue weighted by atomic mass is 10.1. The van der Waals surface area contributed by atoms with Gasteiger partial charge in [0, 0.05) is 12.1 Å². The van der Waals surface area contributed by atoms with Crippen LogP contribution in [0.2, 0.25) is 0 Å². The van der Waals surface area contributed by atoms with Crippen molar-refractivity contribution in [3.63, 3.8) is 0 Å². The largest absolute Gasteiger partial charge is 0.433 e. The molecule has 0 aliphatic carbocycles. The average Bonchev–Trinajstić information content (AvgIpc) is 2.89. The minimum absolute atomic E-state index is 0.00694. The molecule has 0 saturated carbocycles. The lowest BCUT2D eigenvalue weighted by molar-refractivity contribution is -0.143. The zero-order valence-corrected chi connectivity index (χ0v) is 11.5. The molecule has 0 unspecified atom stereocenters. The van der Waals surface area contributed by atoms with Gasteiger partial charge in [0.1, 0.15) is 0 Å². The topological polar surface area (TPSA) is 67.2 Å². The summed E-state index contributed by atoms with van der Waals surface area (Å²) in [5.74, 6) is -0.604. The van der Waals surface area contributed by atoms with Crippen LogP contribution >= 0.6 is 0 Å². The molecule has 0 radical (unpaired) electrons. The second-order valence-corrected chi connectivity index (χ2v) is 4.51. The monoisotopic (exact) mass is 313 g/mol. The number of rotatable bonds is 5. The van der Waals surface area contributed by atoms with Crippen molar-refractivity contribution in [2.24, 2.45) is 0 Å². The number of para-hydroxylation sites is 1. The molecule has 1 heterocycles. The number of aromatic nitrogens is 2. The van der Waals surface area contributed by atoms with Crippen LogP contribution in [0.4, 0.5) is 13.2 Å². The van der Waals surface area contributed by atoms with Crippen LogP contribution in [0.25, 0.3) is 5.69 Å². The van der Waals surface area contributed by atoms with Crippen molar-refractivity contribution in [3.05, 3.63) is 47.8 Å². The minimum atomic E-state index is -4.64. The number of nitrogens with zero attached hydrogens (tertiary/aromatic N) is 2. The van der Waals surface area contributed by atoms with Crippen LogP contribution in [0, 0.1) is 0 Å². The molecular weight excluding hydrogens is 299 g/mol. The van der Waals surface area contributed by atoms with Gasteiger partial charge in [0.25, 0.3) is 0 Å². The number of aliphatic hydroxyl groups excluding tert-OH is 1. The smallest absolute Gasteiger partial charge is 0.395 e. The third-order valence-electron chi connectivity index (χ3n) is 2.90. The van der Waals surface area contributed by atoms with E-state index in [9.17, 15) is 18.0 Å². The molecule has 1 aromatic heterocycles. The Morgan fingerprint density at radius 2 is 1.95 bits per heavy atom. The van der Waals surface area contributed by atoms with Crippen LogP contribution < -0.4 is 5.32 Å². The molecule has 0 bridgehead atoms. The molecule has 0 fully saturated rings. The number of alkyl halides is 3. The van der Waals surface area contributed by atoms with Crippen molar-refractivity contribution >= 4 is 5.91 Å². The highest BCUT2D eigenvalue weighted by Crippen LogP contribution is 2.33. The molecule has 22 heavy (non-hydrogen) atoms. The quantitative estimate of drug-likeness (QED) is 0.880. The summed E-state index contributed by atoms with van der Waals surface area (Å²) in [7, 11) is 0. The van der Waals surface area contributed by atoms with Gasteiger partial charge in [-0.15, -0.1) is 0 Å². The van der Waals surface area contributed by atoms with E-state index in [0.29, 0.717) is 0 Å². The van der Waals surface area contributed by atoms with Gasteiger partial charge in [-0.05, 0) is 12.1 Å². The van der Waals surface area contributed by atoms with Crippen LogP contribution in [0.3, 0.4) is 0 Å². The van der Waals surface area contributed by atoms with E-state index in [1.807, 2.05) is 0 Å². The molecule has 1 amide bonds. The summed E-state index contributed by atoms with van der Waals surface area (Å²) in [5.41, 5.74) is -0.929. The summed E-state index contributed by atoms with van der Waals surface area (Å²) in [6.07, 6.45) is -4.06. The van der Waals surface area contributed by atoms with E-state index >= 15 is 0 Å². The average molecular weight is 313 g/mol. The Labute approximate surface area is 124 Å². The molecule has 1 aromatic carbocycles. The fraction of sp³-hybridized carbons (Fsp3) is 0.286. The number of halogens is 3. The maximum absolute atomic E-state index is 13.3. The fourth-order valence-corrected chi connectivity index (χ4v) is 2.01. The number of amides is 1. The molecule has 0 aliphatic rings. The van der Waals surface area contributed by atoms with Gasteiger partial charge in [0.05, 0.1) is 24.9 Å². The summed E-state index contributed by atoms with van der Waals surface area (Å²) in [5, 5.41) is 14.7. The number of aliphatic hydroxyl groups is 1. The first-order valence-corrected chi connectivity index (χ1v) is 6.50. The molecule has 0 aliphatic heterocycles. The first-order valence-electron chi connectivity index (χ1n) is 6.50. The SMILES string of the molecule is O=C(Cc1cnn(-c2ccccc2)c1C(F)(F)F)NCCO. The van der Waals surface area contributed by atoms with Gasteiger partial charge in [0.15, 0.2) is 5.69 Å². The van der Waals surface area contributed by atoms with E-state index in [0.717, 1.165) is 10.9 Å². The van der Waals surface area contributed by atoms with Crippen LogP contribution in [0.5, 0.6) is 0 Å². The second kappa shape index (κ2) is 6.61. The maximum atomic E-state index is 13.3. The molecular formula is C14H14F3N3O2. The van der Waals surface area contributed by atoms with E-state index in [1.165, 1.54) is 12.1 Å². The van der Waals surface area contributed by atoms with Crippen molar-refractivity contribution in [1.29, 1.82) is 0 Å². The summed E-state index contributed by atoms with van der Waals surface area (Å²) < 4.78 is 40.7. The maximum Gasteiger partial charge on any atom is 0.433 e. The molecule has 2 rings (SSSR count). The Bertz CT molecular complexity index is 639. The Morgan fingerprint density at radius 3 is 2.55 bits per heavy atom. The number of nitrogens with one attached hydrogen (secondary N) is 1. The zero-order chi connectivity index (χ0) is 16.2. The predicted octanol–water partition coefficient (Wildman–Crippen LogP) is 1.54. The van der Waals surface area contributed by atoms with Crippen LogP contribution in [-0.2, 0) is 17.4 Å². The summed E-state index contributed by atoms with van der Waals surface area (Å²) in [4.78, 5) is 11.6. The lowest BCUT2D eigenvalue weighted by Gasteiger charge is -2.12. The molecule has 0 saturated heterocycles. The third-order valence-corrected chi connectivity index (χ3v) is 2.90. The number of hydrogen-bond acceptors (Lipinski definition) is 3. The van der Waals surface area contributed by atoms with Crippen molar-refractivity contribution in [1.82, 2.24) is 15.1 Å². The molecule has 8 heteroatoms. The number of carbonyl (C=O) groups excluding carboxylic acids is 1. The molecule has 0 atom stereocenters. The van der Waals surface area contributed by atoms with E-state index < -0.39 is 24.2 Å². The highest BCUT2D eigenvalue weighted by atomic mass is 19.4. The fourth-order valence-electron chi connectivity index (χ4n) is 2.01. The van der Waals surface area contributed by atoms with Crippen molar-refractivity contribution in [2.45, 2.75) is 12.6 Å². The van der Waals surface area contributed by atoms with Crippen LogP contribution in [0.1, 0.15) is 11.3 Å². The third kappa shape index (κ3) is 3.64. The Morgan fingerprint density at radius 1 is 1.27 bits per heavy atom. The highest BCUT2D eigenvalue weighted by Gasteiger charge is 2.38. The Kier molecular flexibility index (Phi) is 4.81. The predicted molar refractivity (Wildman–Crippen MR) is 72.4 cm³/mol. The Balaban J connectivity index is 2.36. The zero-order valence-electron chi connectivity index (χ0n) is 11.5. The number of carbonyl (C=O) groups is 1. The van der Waals surface area contributed by atoms with E-state index in [1.54, 1.807) is 18.2 Å². The van der Waals surface area contributed by atoms with Gasteiger partial charge in [-0.3, -0.25) is 4.79 Å². The van der Waals surface area contributed by atoms with Gasteiger partial charge in [-0.25, -0.2) is 4.68 Å². The molecule has 5 nitrogen and oxygen atoms in total. The van der Waals surface area contributed by atoms with Crippen LogP contribution in [0.15, 0.2) is 36.5 Å². The van der Waals surface area contributed by atoms with E-state index in [4.69, 9.17) is 5.11 Å². The number of benzene rings is 1. The standard InChI is InChI=1S/C14H14F3N3O2/c15-14(16,17)13-10(8-12(22)18-6-7-21)9-19-20(13)11-4-2-1-3-5-11/h1-5,9,21H,6-8H2,(H,18,22). The van der Waals surface area contributed by atoms with Crippen molar-refractivity contribution in [2.75, 3.05) is 13.2 Å². The first kappa shape index (κ1) is 16.0. The summed E-state index contributed by atoms with van der Waals surface area (Å²) >= 11 is 0. The minimum Gasteiger partial charge on any atom is -0.395 e. The Hall–Kier alpha value is -2.35. The van der Waals surface area contributed by atoms with E-state index in [-0.39, 0.29) is 24.4 Å². The molecule has 0 spiro atoms. The van der Waals surface area contributed by atoms with Gasteiger partial charge in [-0.1, -0.05) is 18.2 Å². The highest BCUT2D eigenvalue weighted by molar-refractivity contribution is 5.78. The lowest BCUT2D eigenvalue weighted by Crippen LogP contribution is -2.28. The van der Waals surface area contributed by atoms with Crippen LogP contribution in [-0.4, -0.2) is 33.9 Å². The summed E-state index contributed by atoms with van der Waals surface area (Å²) in [6, 6.07) is 7.88.